The molecule has 1 aromatic heterocycles. The van der Waals surface area contributed by atoms with Crippen LogP contribution in [0.5, 0.6) is 0 Å². The van der Waals surface area contributed by atoms with Crippen LogP contribution < -0.4 is 5.73 Å². The Morgan fingerprint density at radius 1 is 1.45 bits per heavy atom. The second-order valence-electron chi connectivity index (χ2n) is 2.85. The van der Waals surface area contributed by atoms with Gasteiger partial charge in [0.2, 0.25) is 5.95 Å². The van der Waals surface area contributed by atoms with Crippen LogP contribution in [0.2, 0.25) is 0 Å². The highest BCUT2D eigenvalue weighted by Crippen LogP contribution is 2.08. The molecule has 0 saturated carbocycles. The van der Waals surface area contributed by atoms with Crippen LogP contribution in [0.4, 0.5) is 5.95 Å². The van der Waals surface area contributed by atoms with Gasteiger partial charge in [-0.2, -0.15) is 4.98 Å². The van der Waals surface area contributed by atoms with Gasteiger partial charge in [0.15, 0.2) is 0 Å². The number of rotatable bonds is 0. The zero-order valence-electron chi connectivity index (χ0n) is 6.49. The van der Waals surface area contributed by atoms with Crippen molar-refractivity contribution in [2.75, 3.05) is 19.3 Å². The Kier molecular flexibility index (Phi) is 1.32. The molecule has 2 rings (SSSR count). The summed E-state index contributed by atoms with van der Waals surface area (Å²) in [7, 11) is 2.06. The number of hydrogen-bond donors (Lipinski definition) is 1. The molecule has 5 heteroatoms. The first-order chi connectivity index (χ1) is 5.25. The van der Waals surface area contributed by atoms with Gasteiger partial charge >= 0.3 is 0 Å². The third-order valence-electron chi connectivity index (χ3n) is 1.87. The molecule has 0 amide bonds. The van der Waals surface area contributed by atoms with Gasteiger partial charge in [-0.3, -0.25) is 4.90 Å². The molecule has 1 aromatic rings. The van der Waals surface area contributed by atoms with E-state index in [-0.39, 0.29) is 0 Å². The van der Waals surface area contributed by atoms with Crippen molar-refractivity contribution in [2.24, 2.45) is 0 Å². The Morgan fingerprint density at radius 3 is 3.09 bits per heavy atom. The van der Waals surface area contributed by atoms with E-state index in [1.165, 1.54) is 0 Å². The number of aromatic nitrogens is 3. The molecule has 60 valence electrons. The molecule has 0 aromatic carbocycles. The van der Waals surface area contributed by atoms with Crippen molar-refractivity contribution in [3.63, 3.8) is 0 Å². The van der Waals surface area contributed by atoms with E-state index in [4.69, 9.17) is 5.73 Å². The summed E-state index contributed by atoms with van der Waals surface area (Å²) in [5, 5.41) is 4.04. The summed E-state index contributed by atoms with van der Waals surface area (Å²) in [5.41, 5.74) is 5.44. The van der Waals surface area contributed by atoms with Crippen LogP contribution in [-0.2, 0) is 13.1 Å². The number of nitrogens with two attached hydrogens (primary N) is 1. The lowest BCUT2D eigenvalue weighted by Gasteiger charge is -2.21. The maximum absolute atomic E-state index is 5.44. The Labute approximate surface area is 64.8 Å². The molecule has 1 aliphatic heterocycles. The molecule has 1 aliphatic rings. The Hall–Kier alpha value is -1.10. The van der Waals surface area contributed by atoms with E-state index in [0.29, 0.717) is 5.95 Å². The normalized spacial score (nSPS) is 18.3. The molecular weight excluding hydrogens is 142 g/mol. The number of anilines is 1. The van der Waals surface area contributed by atoms with E-state index in [9.17, 15) is 0 Å². The van der Waals surface area contributed by atoms with Gasteiger partial charge in [0.1, 0.15) is 5.82 Å². The first-order valence-electron chi connectivity index (χ1n) is 3.63. The second kappa shape index (κ2) is 2.20. The lowest BCUT2D eigenvalue weighted by atomic mass is 10.4. The smallest absolute Gasteiger partial charge is 0.239 e. The Morgan fingerprint density at radius 2 is 2.27 bits per heavy atom. The Bertz CT molecular complexity index is 266. The van der Waals surface area contributed by atoms with Crippen molar-refractivity contribution in [3.05, 3.63) is 5.82 Å². The first kappa shape index (κ1) is 6.60. The third-order valence-corrected chi connectivity index (χ3v) is 1.87. The van der Waals surface area contributed by atoms with Crippen LogP contribution in [0.15, 0.2) is 0 Å². The molecule has 5 nitrogen and oxygen atoms in total. The standard InChI is InChI=1S/C6H11N5/c1-10-2-3-11-5(4-10)8-6(7)9-11/h2-4H2,1H3,(H2,7,9). The molecule has 2 N–H and O–H groups in total. The number of fused-ring (bicyclic) bond motifs is 1. The van der Waals surface area contributed by atoms with Gasteiger partial charge in [0.25, 0.3) is 0 Å². The number of nitrogen functional groups attached to an aromatic ring is 1. The van der Waals surface area contributed by atoms with Crippen molar-refractivity contribution in [2.45, 2.75) is 13.1 Å². The van der Waals surface area contributed by atoms with Crippen molar-refractivity contribution >= 4 is 5.95 Å². The van der Waals surface area contributed by atoms with Gasteiger partial charge < -0.3 is 5.73 Å². The quantitative estimate of drug-likeness (QED) is 0.535. The van der Waals surface area contributed by atoms with Gasteiger partial charge in [-0.05, 0) is 7.05 Å². The summed E-state index contributed by atoms with van der Waals surface area (Å²) >= 11 is 0. The molecule has 0 spiro atoms. The van der Waals surface area contributed by atoms with E-state index in [1.54, 1.807) is 0 Å². The summed E-state index contributed by atoms with van der Waals surface area (Å²) in [4.78, 5) is 6.29. The monoisotopic (exact) mass is 153 g/mol. The molecule has 2 heterocycles. The van der Waals surface area contributed by atoms with Crippen molar-refractivity contribution in [3.8, 4) is 0 Å². The van der Waals surface area contributed by atoms with E-state index in [1.807, 2.05) is 4.68 Å². The van der Waals surface area contributed by atoms with Crippen LogP contribution in [0.25, 0.3) is 0 Å². The fourth-order valence-electron chi connectivity index (χ4n) is 1.28. The fourth-order valence-corrected chi connectivity index (χ4v) is 1.28. The van der Waals surface area contributed by atoms with Crippen LogP contribution in [0, 0.1) is 0 Å². The molecule has 0 bridgehead atoms. The lowest BCUT2D eigenvalue weighted by molar-refractivity contribution is 0.254. The van der Waals surface area contributed by atoms with Gasteiger partial charge in [0.05, 0.1) is 13.1 Å². The van der Waals surface area contributed by atoms with Crippen molar-refractivity contribution < 1.29 is 0 Å². The predicted octanol–water partition coefficient (Wildman–Crippen LogP) is -0.694. The highest BCUT2D eigenvalue weighted by atomic mass is 15.4. The fraction of sp³-hybridized carbons (Fsp3) is 0.667. The topological polar surface area (TPSA) is 60.0 Å². The highest BCUT2D eigenvalue weighted by molar-refractivity contribution is 5.14. The van der Waals surface area contributed by atoms with Gasteiger partial charge in [-0.25, -0.2) is 4.68 Å². The van der Waals surface area contributed by atoms with E-state index in [0.717, 1.165) is 25.5 Å². The molecular formula is C6H11N5. The lowest BCUT2D eigenvalue weighted by Crippen LogP contribution is -2.30. The van der Waals surface area contributed by atoms with Crippen LogP contribution in [0.1, 0.15) is 5.82 Å². The average Bonchev–Trinajstić information content (AvgIpc) is 2.27. The zero-order chi connectivity index (χ0) is 7.84. The minimum Gasteiger partial charge on any atom is -0.366 e. The minimum absolute atomic E-state index is 0.385. The summed E-state index contributed by atoms with van der Waals surface area (Å²) in [5.74, 6) is 1.35. The summed E-state index contributed by atoms with van der Waals surface area (Å²) < 4.78 is 1.87. The van der Waals surface area contributed by atoms with Crippen molar-refractivity contribution in [1.82, 2.24) is 19.7 Å². The summed E-state index contributed by atoms with van der Waals surface area (Å²) in [6.07, 6.45) is 0. The summed E-state index contributed by atoms with van der Waals surface area (Å²) in [6, 6.07) is 0. The van der Waals surface area contributed by atoms with Gasteiger partial charge in [-0.15, -0.1) is 5.10 Å². The molecule has 0 unspecified atom stereocenters. The molecule has 0 saturated heterocycles. The van der Waals surface area contributed by atoms with Crippen LogP contribution >= 0.6 is 0 Å². The maximum Gasteiger partial charge on any atom is 0.239 e. The van der Waals surface area contributed by atoms with E-state index >= 15 is 0 Å². The van der Waals surface area contributed by atoms with Crippen LogP contribution in [-0.4, -0.2) is 33.3 Å². The van der Waals surface area contributed by atoms with Crippen LogP contribution in [0.3, 0.4) is 0 Å². The van der Waals surface area contributed by atoms with Gasteiger partial charge in [0, 0.05) is 6.54 Å². The first-order valence-corrected chi connectivity index (χ1v) is 3.63. The minimum atomic E-state index is 0.385. The Balaban J connectivity index is 2.34. The number of nitrogens with zero attached hydrogens (tertiary/aromatic N) is 4. The second-order valence-corrected chi connectivity index (χ2v) is 2.85. The summed E-state index contributed by atoms with van der Waals surface area (Å²) in [6.45, 7) is 2.77. The zero-order valence-corrected chi connectivity index (χ0v) is 6.49. The van der Waals surface area contributed by atoms with E-state index < -0.39 is 0 Å². The molecule has 11 heavy (non-hydrogen) atoms. The van der Waals surface area contributed by atoms with E-state index in [2.05, 4.69) is 22.0 Å². The molecule has 0 radical (unpaired) electrons. The predicted molar refractivity (Wildman–Crippen MR) is 40.8 cm³/mol. The highest BCUT2D eigenvalue weighted by Gasteiger charge is 2.15. The molecule has 0 fully saturated rings. The SMILES string of the molecule is CN1CCn2nc(N)nc2C1. The van der Waals surface area contributed by atoms with Crippen molar-refractivity contribution in [1.29, 1.82) is 0 Å². The average molecular weight is 153 g/mol. The largest absolute Gasteiger partial charge is 0.366 e. The third kappa shape index (κ3) is 1.07. The number of hydrogen-bond acceptors (Lipinski definition) is 4. The van der Waals surface area contributed by atoms with Gasteiger partial charge in [-0.1, -0.05) is 0 Å². The molecule has 0 atom stereocenters. The molecule has 0 aliphatic carbocycles. The maximum atomic E-state index is 5.44. The number of likely N-dealkylation sites (N-methyl/N-ethyl adjacent to an activating group) is 1.